The van der Waals surface area contributed by atoms with Gasteiger partial charge in [-0.15, -0.1) is 0 Å². The molecule has 0 unspecified atom stereocenters. The molecule has 27 heavy (non-hydrogen) atoms. The lowest BCUT2D eigenvalue weighted by Crippen LogP contribution is -2.24. The predicted octanol–water partition coefficient (Wildman–Crippen LogP) is 3.62. The van der Waals surface area contributed by atoms with E-state index in [1.165, 1.54) is 11.8 Å². The predicted molar refractivity (Wildman–Crippen MR) is 106 cm³/mol. The second kappa shape index (κ2) is 9.07. The van der Waals surface area contributed by atoms with E-state index in [4.69, 9.17) is 9.47 Å². The van der Waals surface area contributed by atoms with Crippen molar-refractivity contribution in [1.29, 1.82) is 0 Å². The number of phenols is 1. The Labute approximate surface area is 159 Å². The lowest BCUT2D eigenvalue weighted by Gasteiger charge is -2.19. The Kier molecular flexibility index (Phi) is 6.82. The number of nitrogens with one attached hydrogen (secondary N) is 1. The van der Waals surface area contributed by atoms with Gasteiger partial charge in [-0.3, -0.25) is 4.79 Å². The SMILES string of the molecule is CCOc1cccc(/C=N\NC(=O)COc2ccc(C(C)(C)C)cc2)c1O. The lowest BCUT2D eigenvalue weighted by molar-refractivity contribution is -0.123. The fraction of sp³-hybridized carbons (Fsp3) is 0.333. The maximum atomic E-state index is 11.9. The topological polar surface area (TPSA) is 80.2 Å². The molecule has 0 saturated heterocycles. The van der Waals surface area contributed by atoms with E-state index in [0.717, 1.165) is 0 Å². The van der Waals surface area contributed by atoms with E-state index < -0.39 is 5.91 Å². The zero-order valence-electron chi connectivity index (χ0n) is 16.2. The van der Waals surface area contributed by atoms with Crippen LogP contribution in [-0.4, -0.2) is 30.4 Å². The second-order valence-electron chi connectivity index (χ2n) is 6.98. The minimum atomic E-state index is -0.397. The van der Waals surface area contributed by atoms with Crippen molar-refractivity contribution >= 4 is 12.1 Å². The molecule has 6 nitrogen and oxygen atoms in total. The first-order chi connectivity index (χ1) is 12.8. The summed E-state index contributed by atoms with van der Waals surface area (Å²) in [4.78, 5) is 11.9. The maximum absolute atomic E-state index is 11.9. The lowest BCUT2D eigenvalue weighted by atomic mass is 9.87. The van der Waals surface area contributed by atoms with Crippen LogP contribution in [0.4, 0.5) is 0 Å². The molecule has 0 radical (unpaired) electrons. The molecule has 6 heteroatoms. The van der Waals surface area contributed by atoms with Gasteiger partial charge in [-0.2, -0.15) is 5.10 Å². The number of hydrazone groups is 1. The van der Waals surface area contributed by atoms with Gasteiger partial charge in [-0.05, 0) is 42.2 Å². The monoisotopic (exact) mass is 370 g/mol. The van der Waals surface area contributed by atoms with Crippen molar-refractivity contribution in [3.05, 3.63) is 53.6 Å². The Balaban J connectivity index is 1.86. The molecule has 0 saturated carbocycles. The summed E-state index contributed by atoms with van der Waals surface area (Å²) >= 11 is 0. The van der Waals surface area contributed by atoms with Crippen molar-refractivity contribution in [3.8, 4) is 17.2 Å². The molecule has 144 valence electrons. The Morgan fingerprint density at radius 1 is 1.15 bits per heavy atom. The number of benzene rings is 2. The Hall–Kier alpha value is -3.02. The highest BCUT2D eigenvalue weighted by Gasteiger charge is 2.13. The van der Waals surface area contributed by atoms with E-state index in [0.29, 0.717) is 23.7 Å². The quantitative estimate of drug-likeness (QED) is 0.576. The zero-order valence-corrected chi connectivity index (χ0v) is 16.2. The number of carbonyl (C=O) groups is 1. The van der Waals surface area contributed by atoms with Gasteiger partial charge in [-0.1, -0.05) is 39.0 Å². The largest absolute Gasteiger partial charge is 0.504 e. The fourth-order valence-corrected chi connectivity index (χ4v) is 2.32. The first-order valence-corrected chi connectivity index (χ1v) is 8.81. The number of carbonyl (C=O) groups excluding carboxylic acids is 1. The van der Waals surface area contributed by atoms with Crippen LogP contribution in [0.25, 0.3) is 0 Å². The zero-order chi connectivity index (χ0) is 19.9. The van der Waals surface area contributed by atoms with Crippen LogP contribution in [0.15, 0.2) is 47.6 Å². The summed E-state index contributed by atoms with van der Waals surface area (Å²) in [5.74, 6) is 0.568. The third-order valence-electron chi connectivity index (χ3n) is 3.81. The molecule has 0 bridgehead atoms. The van der Waals surface area contributed by atoms with Crippen LogP contribution in [0.2, 0.25) is 0 Å². The van der Waals surface area contributed by atoms with Gasteiger partial charge in [0.1, 0.15) is 5.75 Å². The average molecular weight is 370 g/mol. The van der Waals surface area contributed by atoms with Crippen LogP contribution < -0.4 is 14.9 Å². The molecule has 2 aromatic carbocycles. The van der Waals surface area contributed by atoms with Gasteiger partial charge in [-0.25, -0.2) is 5.43 Å². The van der Waals surface area contributed by atoms with Gasteiger partial charge in [0.25, 0.3) is 5.91 Å². The second-order valence-corrected chi connectivity index (χ2v) is 6.98. The van der Waals surface area contributed by atoms with Gasteiger partial charge in [0.15, 0.2) is 18.1 Å². The summed E-state index contributed by atoms with van der Waals surface area (Å²) in [6, 6.07) is 12.7. The molecular formula is C21H26N2O4. The Morgan fingerprint density at radius 2 is 1.85 bits per heavy atom. The van der Waals surface area contributed by atoms with E-state index in [2.05, 4.69) is 31.3 Å². The number of ether oxygens (including phenoxy) is 2. The van der Waals surface area contributed by atoms with Crippen LogP contribution >= 0.6 is 0 Å². The number of hydrogen-bond donors (Lipinski definition) is 2. The number of rotatable bonds is 7. The maximum Gasteiger partial charge on any atom is 0.277 e. The van der Waals surface area contributed by atoms with E-state index in [-0.39, 0.29) is 17.8 Å². The standard InChI is InChI=1S/C21H26N2O4/c1-5-26-18-8-6-7-15(20(18)25)13-22-23-19(24)14-27-17-11-9-16(10-12-17)21(2,3)4/h6-13,25H,5,14H2,1-4H3,(H,23,24)/b22-13-. The summed E-state index contributed by atoms with van der Waals surface area (Å²) in [6.07, 6.45) is 1.36. The van der Waals surface area contributed by atoms with Crippen molar-refractivity contribution in [1.82, 2.24) is 5.43 Å². The van der Waals surface area contributed by atoms with Crippen molar-refractivity contribution in [2.24, 2.45) is 5.10 Å². The summed E-state index contributed by atoms with van der Waals surface area (Å²) in [6.45, 7) is 8.52. The van der Waals surface area contributed by atoms with E-state index in [1.54, 1.807) is 18.2 Å². The highest BCUT2D eigenvalue weighted by atomic mass is 16.5. The van der Waals surface area contributed by atoms with Crippen LogP contribution in [-0.2, 0) is 10.2 Å². The average Bonchev–Trinajstić information content (AvgIpc) is 2.63. The summed E-state index contributed by atoms with van der Waals surface area (Å²) < 4.78 is 10.8. The van der Waals surface area contributed by atoms with Crippen LogP contribution in [0.3, 0.4) is 0 Å². The number of aromatic hydroxyl groups is 1. The van der Waals surface area contributed by atoms with E-state index in [1.807, 2.05) is 31.2 Å². The molecule has 0 aromatic heterocycles. The Morgan fingerprint density at radius 3 is 2.48 bits per heavy atom. The number of hydrogen-bond acceptors (Lipinski definition) is 5. The summed E-state index contributed by atoms with van der Waals surface area (Å²) in [5.41, 5.74) is 4.07. The van der Waals surface area contributed by atoms with Gasteiger partial charge in [0, 0.05) is 5.56 Å². The van der Waals surface area contributed by atoms with Gasteiger partial charge >= 0.3 is 0 Å². The third-order valence-corrected chi connectivity index (χ3v) is 3.81. The van der Waals surface area contributed by atoms with Gasteiger partial charge in [0.2, 0.25) is 0 Å². The van der Waals surface area contributed by atoms with Crippen LogP contribution in [0, 0.1) is 0 Å². The minimum absolute atomic E-state index is 0.0208. The van der Waals surface area contributed by atoms with E-state index >= 15 is 0 Å². The molecule has 0 aliphatic heterocycles. The summed E-state index contributed by atoms with van der Waals surface area (Å²) in [5, 5.41) is 13.9. The normalized spacial score (nSPS) is 11.4. The van der Waals surface area contributed by atoms with Gasteiger partial charge < -0.3 is 14.6 Å². The molecule has 2 aromatic rings. The van der Waals surface area contributed by atoms with Crippen molar-refractivity contribution in [2.75, 3.05) is 13.2 Å². The number of phenolic OH excluding ortho intramolecular Hbond substituents is 1. The smallest absolute Gasteiger partial charge is 0.277 e. The number of nitrogens with zero attached hydrogens (tertiary/aromatic N) is 1. The highest BCUT2D eigenvalue weighted by Crippen LogP contribution is 2.28. The number of para-hydroxylation sites is 1. The summed E-state index contributed by atoms with van der Waals surface area (Å²) in [7, 11) is 0. The molecule has 0 spiro atoms. The van der Waals surface area contributed by atoms with E-state index in [9.17, 15) is 9.90 Å². The van der Waals surface area contributed by atoms with Crippen molar-refractivity contribution in [3.63, 3.8) is 0 Å². The molecule has 0 aliphatic rings. The molecule has 0 heterocycles. The Bertz CT molecular complexity index is 793. The van der Waals surface area contributed by atoms with Crippen LogP contribution in [0.5, 0.6) is 17.2 Å². The highest BCUT2D eigenvalue weighted by molar-refractivity contribution is 5.86. The molecule has 2 rings (SSSR count). The van der Waals surface area contributed by atoms with Crippen molar-refractivity contribution < 1.29 is 19.4 Å². The van der Waals surface area contributed by atoms with Gasteiger partial charge in [0.05, 0.1) is 12.8 Å². The fourth-order valence-electron chi connectivity index (χ4n) is 2.32. The third kappa shape index (κ3) is 6.02. The molecule has 2 N–H and O–H groups in total. The number of amides is 1. The molecule has 1 amide bonds. The molecule has 0 fully saturated rings. The molecule has 0 aliphatic carbocycles. The first-order valence-electron chi connectivity index (χ1n) is 8.81. The van der Waals surface area contributed by atoms with Crippen molar-refractivity contribution in [2.45, 2.75) is 33.1 Å². The first kappa shape index (κ1) is 20.3. The molecule has 0 atom stereocenters. The van der Waals surface area contributed by atoms with Crippen LogP contribution in [0.1, 0.15) is 38.8 Å². The molecular weight excluding hydrogens is 344 g/mol. The minimum Gasteiger partial charge on any atom is -0.504 e.